The van der Waals surface area contributed by atoms with E-state index < -0.39 is 23.5 Å². The van der Waals surface area contributed by atoms with Crippen LogP contribution < -0.4 is 9.47 Å². The fourth-order valence-electron chi connectivity index (χ4n) is 2.28. The van der Waals surface area contributed by atoms with Crippen molar-refractivity contribution in [3.63, 3.8) is 0 Å². The van der Waals surface area contributed by atoms with Gasteiger partial charge < -0.3 is 18.9 Å². The molecule has 0 atom stereocenters. The van der Waals surface area contributed by atoms with Crippen molar-refractivity contribution < 1.29 is 28.5 Å². The highest BCUT2D eigenvalue weighted by atomic mass is 16.8. The Morgan fingerprint density at radius 2 is 1.48 bits per heavy atom. The summed E-state index contributed by atoms with van der Waals surface area (Å²) in [6, 6.07) is 3.36. The van der Waals surface area contributed by atoms with Crippen LogP contribution in [0.3, 0.4) is 0 Å². The fourth-order valence-corrected chi connectivity index (χ4v) is 2.28. The van der Waals surface area contributed by atoms with Crippen molar-refractivity contribution in [3.8, 4) is 11.5 Å². The zero-order chi connectivity index (χ0) is 20.4. The summed E-state index contributed by atoms with van der Waals surface area (Å²) in [7, 11) is 0. The van der Waals surface area contributed by atoms with E-state index in [1.54, 1.807) is 73.0 Å². The van der Waals surface area contributed by atoms with Crippen molar-refractivity contribution in [1.82, 2.24) is 4.98 Å². The maximum absolute atomic E-state index is 12.2. The Balaban J connectivity index is 2.43. The van der Waals surface area contributed by atoms with Crippen LogP contribution in [0, 0.1) is 6.92 Å². The highest BCUT2D eigenvalue weighted by molar-refractivity contribution is 5.90. The Labute approximate surface area is 158 Å². The smallest absolute Gasteiger partial charge is 0.428 e. The van der Waals surface area contributed by atoms with Crippen molar-refractivity contribution in [2.24, 2.45) is 0 Å². The summed E-state index contributed by atoms with van der Waals surface area (Å²) in [5.74, 6) is 0.141. The van der Waals surface area contributed by atoms with Gasteiger partial charge >= 0.3 is 12.3 Å². The van der Waals surface area contributed by atoms with Crippen LogP contribution >= 0.6 is 0 Å². The summed E-state index contributed by atoms with van der Waals surface area (Å²) in [6.07, 6.45) is 1.46. The van der Waals surface area contributed by atoms with Crippen LogP contribution in [0.2, 0.25) is 0 Å². The number of ether oxygens (including phenoxy) is 4. The standard InChI is InChI=1S/C20H25NO6/c1-12-14-11-21-9-8-13(14)10-15(24-17(22)26-19(2,3)4)16(12)25-18(23)27-20(5,6)7/h8-11H,1-7H3. The molecule has 0 spiro atoms. The molecule has 0 saturated carbocycles. The summed E-state index contributed by atoms with van der Waals surface area (Å²) >= 11 is 0. The van der Waals surface area contributed by atoms with Gasteiger partial charge in [0.25, 0.3) is 0 Å². The molecule has 1 aromatic carbocycles. The Morgan fingerprint density at radius 3 is 2.04 bits per heavy atom. The van der Waals surface area contributed by atoms with Gasteiger partial charge in [-0.05, 0) is 66.0 Å². The number of carbonyl (C=O) groups is 2. The van der Waals surface area contributed by atoms with Crippen LogP contribution in [0.1, 0.15) is 47.1 Å². The van der Waals surface area contributed by atoms with Crippen molar-refractivity contribution >= 4 is 23.1 Å². The van der Waals surface area contributed by atoms with Crippen LogP contribution in [-0.4, -0.2) is 28.5 Å². The van der Waals surface area contributed by atoms with Gasteiger partial charge in [0.05, 0.1) is 0 Å². The summed E-state index contributed by atoms with van der Waals surface area (Å²) in [5.41, 5.74) is -0.862. The van der Waals surface area contributed by atoms with E-state index in [0.717, 1.165) is 10.8 Å². The van der Waals surface area contributed by atoms with Crippen molar-refractivity contribution in [1.29, 1.82) is 0 Å². The van der Waals surface area contributed by atoms with E-state index in [1.807, 2.05) is 0 Å². The Bertz CT molecular complexity index is 861. The van der Waals surface area contributed by atoms with Crippen LogP contribution in [0.5, 0.6) is 11.5 Å². The quantitative estimate of drug-likeness (QED) is 0.529. The Hall–Kier alpha value is -2.83. The normalized spacial score (nSPS) is 11.8. The van der Waals surface area contributed by atoms with Crippen LogP contribution in [-0.2, 0) is 9.47 Å². The number of fused-ring (bicyclic) bond motifs is 1. The van der Waals surface area contributed by atoms with E-state index in [-0.39, 0.29) is 11.5 Å². The van der Waals surface area contributed by atoms with Crippen LogP contribution in [0.25, 0.3) is 10.8 Å². The first-order chi connectivity index (χ1) is 12.4. The number of carbonyl (C=O) groups excluding carboxylic acids is 2. The van der Waals surface area contributed by atoms with Gasteiger partial charge in [-0.25, -0.2) is 9.59 Å². The van der Waals surface area contributed by atoms with Crippen LogP contribution in [0.4, 0.5) is 9.59 Å². The largest absolute Gasteiger partial charge is 0.514 e. The molecular formula is C20H25NO6. The molecule has 7 heteroatoms. The van der Waals surface area contributed by atoms with Gasteiger partial charge in [-0.1, -0.05) is 0 Å². The molecule has 0 amide bonds. The number of nitrogens with zero attached hydrogens (tertiary/aromatic N) is 1. The van der Waals surface area contributed by atoms with E-state index >= 15 is 0 Å². The molecule has 0 fully saturated rings. The number of hydrogen-bond acceptors (Lipinski definition) is 7. The van der Waals surface area contributed by atoms with Crippen molar-refractivity contribution in [3.05, 3.63) is 30.1 Å². The van der Waals surface area contributed by atoms with E-state index in [2.05, 4.69) is 4.98 Å². The third-order valence-electron chi connectivity index (χ3n) is 3.27. The average molecular weight is 375 g/mol. The number of pyridine rings is 1. The van der Waals surface area contributed by atoms with E-state index in [0.29, 0.717) is 5.56 Å². The lowest BCUT2D eigenvalue weighted by Gasteiger charge is -2.22. The molecule has 2 rings (SSSR count). The molecule has 0 aliphatic heterocycles. The topological polar surface area (TPSA) is 84.0 Å². The molecule has 0 aliphatic rings. The number of rotatable bonds is 2. The first-order valence-corrected chi connectivity index (χ1v) is 8.55. The zero-order valence-electron chi connectivity index (χ0n) is 16.7. The van der Waals surface area contributed by atoms with E-state index in [4.69, 9.17) is 18.9 Å². The molecule has 7 nitrogen and oxygen atoms in total. The molecule has 146 valence electrons. The third kappa shape index (κ3) is 5.84. The van der Waals surface area contributed by atoms with Gasteiger partial charge in [0.2, 0.25) is 0 Å². The molecule has 0 bridgehead atoms. The van der Waals surface area contributed by atoms with Crippen molar-refractivity contribution in [2.45, 2.75) is 59.7 Å². The van der Waals surface area contributed by atoms with E-state index in [9.17, 15) is 9.59 Å². The van der Waals surface area contributed by atoms with Gasteiger partial charge in [0, 0.05) is 23.3 Å². The molecule has 0 saturated heterocycles. The number of benzene rings is 1. The number of aromatic nitrogens is 1. The van der Waals surface area contributed by atoms with Crippen molar-refractivity contribution in [2.75, 3.05) is 0 Å². The highest BCUT2D eigenvalue weighted by Gasteiger charge is 2.25. The Morgan fingerprint density at radius 1 is 0.926 bits per heavy atom. The van der Waals surface area contributed by atoms with Gasteiger partial charge in [-0.15, -0.1) is 0 Å². The Kier molecular flexibility index (Phi) is 5.63. The van der Waals surface area contributed by atoms with Gasteiger partial charge in [-0.3, -0.25) is 4.98 Å². The minimum Gasteiger partial charge on any atom is -0.428 e. The minimum atomic E-state index is -0.900. The molecule has 0 unspecified atom stereocenters. The summed E-state index contributed by atoms with van der Waals surface area (Å²) in [4.78, 5) is 28.4. The first kappa shape index (κ1) is 20.5. The zero-order valence-corrected chi connectivity index (χ0v) is 16.7. The lowest BCUT2D eigenvalue weighted by Crippen LogP contribution is -2.27. The van der Waals surface area contributed by atoms with Crippen LogP contribution in [0.15, 0.2) is 24.5 Å². The monoisotopic (exact) mass is 375 g/mol. The second-order valence-corrected chi connectivity index (χ2v) is 8.06. The average Bonchev–Trinajstić information content (AvgIpc) is 2.47. The molecule has 2 aromatic rings. The molecule has 0 aliphatic carbocycles. The van der Waals surface area contributed by atoms with Gasteiger partial charge in [-0.2, -0.15) is 0 Å². The molecule has 1 heterocycles. The maximum atomic E-state index is 12.2. The SMILES string of the molecule is Cc1c(OC(=O)OC(C)(C)C)c(OC(=O)OC(C)(C)C)cc2ccncc12. The third-order valence-corrected chi connectivity index (χ3v) is 3.27. The van der Waals surface area contributed by atoms with Gasteiger partial charge in [0.15, 0.2) is 11.5 Å². The summed E-state index contributed by atoms with van der Waals surface area (Å²) in [5, 5.41) is 1.53. The van der Waals surface area contributed by atoms with Gasteiger partial charge in [0.1, 0.15) is 11.2 Å². The lowest BCUT2D eigenvalue weighted by molar-refractivity contribution is 0.0137. The summed E-state index contributed by atoms with van der Waals surface area (Å²) in [6.45, 7) is 12.1. The molecule has 0 N–H and O–H groups in total. The second kappa shape index (κ2) is 7.42. The predicted molar refractivity (Wildman–Crippen MR) is 100 cm³/mol. The molecular weight excluding hydrogens is 350 g/mol. The number of hydrogen-bond donors (Lipinski definition) is 0. The fraction of sp³-hybridized carbons (Fsp3) is 0.450. The lowest BCUT2D eigenvalue weighted by atomic mass is 10.1. The molecule has 27 heavy (non-hydrogen) atoms. The highest BCUT2D eigenvalue weighted by Crippen LogP contribution is 2.38. The maximum Gasteiger partial charge on any atom is 0.514 e. The predicted octanol–water partition coefficient (Wildman–Crippen LogP) is 5.17. The van der Waals surface area contributed by atoms with E-state index in [1.165, 1.54) is 0 Å². The molecule has 1 aromatic heterocycles. The number of aryl methyl sites for hydroxylation is 1. The first-order valence-electron chi connectivity index (χ1n) is 8.55. The second-order valence-electron chi connectivity index (χ2n) is 8.06. The molecule has 0 radical (unpaired) electrons. The summed E-state index contributed by atoms with van der Waals surface area (Å²) < 4.78 is 21.1. The minimum absolute atomic E-state index is 0.0614.